The van der Waals surface area contributed by atoms with Crippen LogP contribution in [0, 0.1) is 5.82 Å². The normalized spacial score (nSPS) is 11.3. The van der Waals surface area contributed by atoms with Gasteiger partial charge < -0.3 is 10.1 Å². The summed E-state index contributed by atoms with van der Waals surface area (Å²) in [6.45, 7) is 1.40. The Morgan fingerprint density at radius 1 is 1.22 bits per heavy atom. The zero-order chi connectivity index (χ0) is 19.6. The fourth-order valence-electron chi connectivity index (χ4n) is 2.97. The van der Waals surface area contributed by atoms with Crippen LogP contribution in [0.1, 0.15) is 12.0 Å². The fraction of sp³-hybridized carbons (Fsp3) is 0.389. The summed E-state index contributed by atoms with van der Waals surface area (Å²) in [5.41, 5.74) is 0.368. The number of methoxy groups -OCH3 is 1. The Morgan fingerprint density at radius 3 is 2.70 bits per heavy atom. The van der Waals surface area contributed by atoms with E-state index in [0.29, 0.717) is 24.7 Å². The quantitative estimate of drug-likeness (QED) is 0.625. The predicted octanol–water partition coefficient (Wildman–Crippen LogP) is 1.07. The molecule has 0 aliphatic carbocycles. The molecule has 0 aliphatic rings. The van der Waals surface area contributed by atoms with Crippen molar-refractivity contribution in [2.75, 3.05) is 25.6 Å². The van der Waals surface area contributed by atoms with E-state index in [2.05, 4.69) is 10.3 Å². The van der Waals surface area contributed by atoms with E-state index in [1.165, 1.54) is 23.7 Å². The minimum atomic E-state index is -0.450. The van der Waals surface area contributed by atoms with Crippen molar-refractivity contribution in [1.29, 1.82) is 0 Å². The zero-order valence-corrected chi connectivity index (χ0v) is 15.5. The number of hydrogen-bond donors (Lipinski definition) is 1. The molecule has 8 nitrogen and oxygen atoms in total. The number of hydrogen-bond acceptors (Lipinski definition) is 5. The van der Waals surface area contributed by atoms with Gasteiger partial charge in [-0.2, -0.15) is 4.98 Å². The molecule has 0 radical (unpaired) electrons. The van der Waals surface area contributed by atoms with Crippen LogP contribution in [0.4, 0.5) is 10.3 Å². The Balaban J connectivity index is 2.14. The summed E-state index contributed by atoms with van der Waals surface area (Å²) >= 11 is 0. The van der Waals surface area contributed by atoms with Gasteiger partial charge in [0, 0.05) is 34.4 Å². The first-order chi connectivity index (χ1) is 12.9. The molecule has 0 atom stereocenters. The molecular weight excluding hydrogens is 353 g/mol. The molecule has 3 rings (SSSR count). The van der Waals surface area contributed by atoms with Crippen molar-refractivity contribution >= 4 is 17.1 Å². The van der Waals surface area contributed by atoms with E-state index < -0.39 is 11.2 Å². The van der Waals surface area contributed by atoms with Gasteiger partial charge in [0.05, 0.1) is 6.54 Å². The smallest absolute Gasteiger partial charge is 0.332 e. The second kappa shape index (κ2) is 7.75. The summed E-state index contributed by atoms with van der Waals surface area (Å²) in [7, 11) is 4.62. The maximum Gasteiger partial charge on any atom is 0.332 e. The van der Waals surface area contributed by atoms with Crippen LogP contribution in [-0.2, 0) is 25.4 Å². The average Bonchev–Trinajstić information content (AvgIpc) is 3.00. The summed E-state index contributed by atoms with van der Waals surface area (Å²) in [6.07, 6.45) is 0.747. The Bertz CT molecular complexity index is 1080. The Labute approximate surface area is 154 Å². The van der Waals surface area contributed by atoms with Gasteiger partial charge in [-0.1, -0.05) is 12.1 Å². The van der Waals surface area contributed by atoms with E-state index in [-0.39, 0.29) is 23.5 Å². The van der Waals surface area contributed by atoms with Crippen molar-refractivity contribution in [2.45, 2.75) is 13.0 Å². The molecule has 3 aromatic rings. The van der Waals surface area contributed by atoms with E-state index in [1.54, 1.807) is 30.9 Å². The molecule has 0 bridgehead atoms. The molecule has 0 spiro atoms. The maximum atomic E-state index is 13.6. The van der Waals surface area contributed by atoms with Gasteiger partial charge in [-0.25, -0.2) is 9.18 Å². The van der Waals surface area contributed by atoms with E-state index in [1.807, 2.05) is 0 Å². The molecule has 1 aromatic carbocycles. The third-order valence-corrected chi connectivity index (χ3v) is 4.39. The monoisotopic (exact) mass is 375 g/mol. The number of rotatable bonds is 7. The summed E-state index contributed by atoms with van der Waals surface area (Å²) in [4.78, 5) is 29.4. The van der Waals surface area contributed by atoms with Gasteiger partial charge in [-0.3, -0.25) is 18.5 Å². The summed E-state index contributed by atoms with van der Waals surface area (Å²) < 4.78 is 22.7. The van der Waals surface area contributed by atoms with Crippen LogP contribution in [0.5, 0.6) is 0 Å². The lowest BCUT2D eigenvalue weighted by atomic mass is 10.2. The number of nitrogens with zero attached hydrogens (tertiary/aromatic N) is 4. The Morgan fingerprint density at radius 2 is 2.00 bits per heavy atom. The number of nitrogens with one attached hydrogen (secondary N) is 1. The Hall–Kier alpha value is -2.94. The molecule has 0 aliphatic heterocycles. The van der Waals surface area contributed by atoms with Crippen molar-refractivity contribution in [3.8, 4) is 0 Å². The van der Waals surface area contributed by atoms with Gasteiger partial charge in [0.15, 0.2) is 11.2 Å². The van der Waals surface area contributed by atoms with E-state index in [0.717, 1.165) is 11.0 Å². The van der Waals surface area contributed by atoms with Gasteiger partial charge in [-0.05, 0) is 24.1 Å². The standard InChI is InChI=1S/C18H22FN5O3/c1-22-15-14(16(25)23(2)18(22)26)24(11-12-6-4-7-13(19)10-12)17(21-15)20-8-5-9-27-3/h4,6-7,10H,5,8-9,11H2,1-3H3,(H,20,21). The lowest BCUT2D eigenvalue weighted by Gasteiger charge is -2.11. The second-order valence-corrected chi connectivity index (χ2v) is 6.30. The van der Waals surface area contributed by atoms with Gasteiger partial charge in [0.1, 0.15) is 5.82 Å². The van der Waals surface area contributed by atoms with Crippen LogP contribution in [-0.4, -0.2) is 38.9 Å². The van der Waals surface area contributed by atoms with Crippen molar-refractivity contribution in [3.63, 3.8) is 0 Å². The predicted molar refractivity (Wildman–Crippen MR) is 101 cm³/mol. The van der Waals surface area contributed by atoms with Crippen molar-refractivity contribution in [3.05, 3.63) is 56.5 Å². The summed E-state index contributed by atoms with van der Waals surface area (Å²) in [5.74, 6) is 0.0930. The number of halogens is 1. The second-order valence-electron chi connectivity index (χ2n) is 6.30. The van der Waals surface area contributed by atoms with Gasteiger partial charge in [-0.15, -0.1) is 0 Å². The average molecular weight is 375 g/mol. The first-order valence-corrected chi connectivity index (χ1v) is 8.57. The largest absolute Gasteiger partial charge is 0.385 e. The molecule has 0 amide bonds. The number of aryl methyl sites for hydroxylation is 1. The van der Waals surface area contributed by atoms with Crippen LogP contribution >= 0.6 is 0 Å². The van der Waals surface area contributed by atoms with Crippen LogP contribution < -0.4 is 16.6 Å². The molecule has 2 heterocycles. The lowest BCUT2D eigenvalue weighted by Crippen LogP contribution is -2.37. The molecule has 1 N–H and O–H groups in total. The van der Waals surface area contributed by atoms with Gasteiger partial charge in [0.25, 0.3) is 5.56 Å². The lowest BCUT2D eigenvalue weighted by molar-refractivity contribution is 0.197. The van der Waals surface area contributed by atoms with E-state index in [9.17, 15) is 14.0 Å². The minimum absolute atomic E-state index is 0.244. The number of ether oxygens (including phenoxy) is 1. The van der Waals surface area contributed by atoms with Crippen LogP contribution in [0.2, 0.25) is 0 Å². The number of imidazole rings is 1. The molecule has 144 valence electrons. The highest BCUT2D eigenvalue weighted by Crippen LogP contribution is 2.18. The number of fused-ring (bicyclic) bond motifs is 1. The molecule has 0 saturated carbocycles. The van der Waals surface area contributed by atoms with Crippen LogP contribution in [0.15, 0.2) is 33.9 Å². The number of benzene rings is 1. The maximum absolute atomic E-state index is 13.6. The fourth-order valence-corrected chi connectivity index (χ4v) is 2.97. The third kappa shape index (κ3) is 3.63. The van der Waals surface area contributed by atoms with Crippen molar-refractivity contribution in [1.82, 2.24) is 18.7 Å². The molecule has 0 fully saturated rings. The molecule has 0 unspecified atom stereocenters. The van der Waals surface area contributed by atoms with E-state index in [4.69, 9.17) is 4.74 Å². The minimum Gasteiger partial charge on any atom is -0.385 e. The first-order valence-electron chi connectivity index (χ1n) is 8.57. The Kier molecular flexibility index (Phi) is 5.41. The topological polar surface area (TPSA) is 83.1 Å². The van der Waals surface area contributed by atoms with Gasteiger partial charge in [0.2, 0.25) is 5.95 Å². The zero-order valence-electron chi connectivity index (χ0n) is 15.5. The number of anilines is 1. The molecule has 0 saturated heterocycles. The third-order valence-electron chi connectivity index (χ3n) is 4.39. The molecule has 9 heteroatoms. The summed E-state index contributed by atoms with van der Waals surface area (Å²) in [6, 6.07) is 6.16. The first kappa shape index (κ1) is 18.8. The van der Waals surface area contributed by atoms with Gasteiger partial charge >= 0.3 is 5.69 Å². The van der Waals surface area contributed by atoms with Crippen LogP contribution in [0.3, 0.4) is 0 Å². The van der Waals surface area contributed by atoms with Crippen LogP contribution in [0.25, 0.3) is 11.2 Å². The number of aromatic nitrogens is 4. The van der Waals surface area contributed by atoms with Crippen molar-refractivity contribution in [2.24, 2.45) is 14.1 Å². The van der Waals surface area contributed by atoms with E-state index >= 15 is 0 Å². The molecule has 2 aromatic heterocycles. The summed E-state index contributed by atoms with van der Waals surface area (Å²) in [5, 5.41) is 3.18. The highest BCUT2D eigenvalue weighted by atomic mass is 19.1. The molecular formula is C18H22FN5O3. The SMILES string of the molecule is COCCCNc1nc2c(c(=O)n(C)c(=O)n2C)n1Cc1cccc(F)c1. The molecule has 27 heavy (non-hydrogen) atoms. The highest BCUT2D eigenvalue weighted by Gasteiger charge is 2.19. The highest BCUT2D eigenvalue weighted by molar-refractivity contribution is 5.74. The van der Waals surface area contributed by atoms with Crippen molar-refractivity contribution < 1.29 is 9.13 Å².